The maximum absolute atomic E-state index is 10.6. The van der Waals surface area contributed by atoms with Gasteiger partial charge in [0.15, 0.2) is 0 Å². The van der Waals surface area contributed by atoms with Crippen LogP contribution in [0.25, 0.3) is 0 Å². The molecule has 0 aliphatic carbocycles. The van der Waals surface area contributed by atoms with Gasteiger partial charge in [-0.1, -0.05) is 23.2 Å². The Morgan fingerprint density at radius 2 is 1.71 bits per heavy atom. The molecule has 1 aromatic rings. The van der Waals surface area contributed by atoms with Crippen molar-refractivity contribution in [1.29, 1.82) is 0 Å². The van der Waals surface area contributed by atoms with E-state index in [1.165, 1.54) is 6.07 Å². The summed E-state index contributed by atoms with van der Waals surface area (Å²) in [5.74, 6) is 0. The number of hydrogen-bond acceptors (Lipinski definition) is 3. The summed E-state index contributed by atoms with van der Waals surface area (Å²) in [6, 6.07) is 2.27. The van der Waals surface area contributed by atoms with Crippen molar-refractivity contribution in [3.05, 3.63) is 26.7 Å². The summed E-state index contributed by atoms with van der Waals surface area (Å²) in [7, 11) is -4.54. The van der Waals surface area contributed by atoms with Gasteiger partial charge in [-0.25, -0.2) is 8.42 Å². The number of hydrogen-bond donors (Lipinski definition) is 0. The second-order valence-corrected chi connectivity index (χ2v) is 5.17. The Bertz CT molecular complexity index is 449. The molecular formula is C6H2BrCl2NaO3S. The molecule has 0 heterocycles. The van der Waals surface area contributed by atoms with Gasteiger partial charge in [-0.15, -0.1) is 0 Å². The fraction of sp³-hybridized carbons (Fsp3) is 0. The van der Waals surface area contributed by atoms with Crippen LogP contribution in [0.2, 0.25) is 10.0 Å². The summed E-state index contributed by atoms with van der Waals surface area (Å²) < 4.78 is 32.2. The minimum Gasteiger partial charge on any atom is -0.744 e. The van der Waals surface area contributed by atoms with Gasteiger partial charge in [0.2, 0.25) is 0 Å². The third-order valence-electron chi connectivity index (χ3n) is 1.24. The molecule has 0 saturated heterocycles. The van der Waals surface area contributed by atoms with Crippen LogP contribution in [0, 0.1) is 0 Å². The topological polar surface area (TPSA) is 57.2 Å². The summed E-state index contributed by atoms with van der Waals surface area (Å²) in [5.41, 5.74) is 0. The van der Waals surface area contributed by atoms with Gasteiger partial charge in [-0.2, -0.15) is 0 Å². The third-order valence-corrected chi connectivity index (χ3v) is 3.74. The van der Waals surface area contributed by atoms with Crippen LogP contribution in [-0.4, -0.2) is 13.0 Å². The van der Waals surface area contributed by atoms with Gasteiger partial charge in [0.25, 0.3) is 0 Å². The SMILES string of the molecule is O=S(=O)([O-])c1cc(Br)c(Cl)cc1Cl.[Na+]. The van der Waals surface area contributed by atoms with Crippen molar-refractivity contribution in [3.63, 3.8) is 0 Å². The van der Waals surface area contributed by atoms with Gasteiger partial charge in [0, 0.05) is 4.47 Å². The predicted octanol–water partition coefficient (Wildman–Crippen LogP) is -0.336. The molecule has 14 heavy (non-hydrogen) atoms. The first-order valence-corrected chi connectivity index (χ1v) is 5.88. The molecule has 0 aliphatic rings. The van der Waals surface area contributed by atoms with Crippen molar-refractivity contribution in [2.24, 2.45) is 0 Å². The molecule has 0 unspecified atom stereocenters. The van der Waals surface area contributed by atoms with E-state index in [2.05, 4.69) is 15.9 Å². The summed E-state index contributed by atoms with van der Waals surface area (Å²) >= 11 is 14.1. The van der Waals surface area contributed by atoms with Crippen LogP contribution in [0.3, 0.4) is 0 Å². The average molecular weight is 328 g/mol. The van der Waals surface area contributed by atoms with Gasteiger partial charge in [0.05, 0.1) is 14.9 Å². The zero-order chi connectivity index (χ0) is 10.2. The minimum atomic E-state index is -4.54. The average Bonchev–Trinajstić information content (AvgIpc) is 1.94. The van der Waals surface area contributed by atoms with Crippen LogP contribution in [0.1, 0.15) is 0 Å². The molecule has 0 atom stereocenters. The maximum Gasteiger partial charge on any atom is 1.00 e. The third kappa shape index (κ3) is 3.64. The number of halogens is 3. The molecule has 0 spiro atoms. The second kappa shape index (κ2) is 5.50. The van der Waals surface area contributed by atoms with E-state index in [4.69, 9.17) is 23.2 Å². The largest absolute Gasteiger partial charge is 1.00 e. The van der Waals surface area contributed by atoms with E-state index in [0.29, 0.717) is 4.47 Å². The van der Waals surface area contributed by atoms with Gasteiger partial charge in [-0.3, -0.25) is 0 Å². The minimum absolute atomic E-state index is 0. The molecule has 3 nitrogen and oxygen atoms in total. The van der Waals surface area contributed by atoms with Crippen molar-refractivity contribution >= 4 is 49.2 Å². The molecule has 0 aliphatic heterocycles. The quantitative estimate of drug-likeness (QED) is 0.403. The number of benzene rings is 1. The molecule has 0 radical (unpaired) electrons. The summed E-state index contributed by atoms with van der Waals surface area (Å²) in [4.78, 5) is -0.481. The smallest absolute Gasteiger partial charge is 0.744 e. The Morgan fingerprint density at radius 3 is 2.14 bits per heavy atom. The molecule has 0 saturated carbocycles. The Balaban J connectivity index is 0.00000169. The van der Waals surface area contributed by atoms with Crippen LogP contribution >= 0.6 is 39.1 Å². The Morgan fingerprint density at radius 1 is 1.21 bits per heavy atom. The first-order valence-electron chi connectivity index (χ1n) is 2.93. The van der Waals surface area contributed by atoms with Crippen molar-refractivity contribution in [3.8, 4) is 0 Å². The molecule has 1 aromatic carbocycles. The van der Waals surface area contributed by atoms with Gasteiger partial charge in [-0.05, 0) is 28.1 Å². The normalized spacial score (nSPS) is 10.9. The van der Waals surface area contributed by atoms with Crippen LogP contribution in [0.4, 0.5) is 0 Å². The molecule has 0 aromatic heterocycles. The Labute approximate surface area is 122 Å². The van der Waals surface area contributed by atoms with Crippen LogP contribution in [-0.2, 0) is 10.1 Å². The van der Waals surface area contributed by atoms with E-state index in [0.717, 1.165) is 6.07 Å². The summed E-state index contributed by atoms with van der Waals surface area (Å²) in [6.07, 6.45) is 0. The van der Waals surface area contributed by atoms with E-state index in [-0.39, 0.29) is 39.6 Å². The zero-order valence-electron chi connectivity index (χ0n) is 6.92. The Kier molecular flexibility index (Phi) is 5.97. The van der Waals surface area contributed by atoms with Crippen LogP contribution in [0.15, 0.2) is 21.5 Å². The second-order valence-electron chi connectivity index (χ2n) is 2.15. The van der Waals surface area contributed by atoms with E-state index in [9.17, 15) is 13.0 Å². The van der Waals surface area contributed by atoms with E-state index >= 15 is 0 Å². The van der Waals surface area contributed by atoms with E-state index in [1.54, 1.807) is 0 Å². The summed E-state index contributed by atoms with van der Waals surface area (Å²) in [5, 5.41) is 0.0700. The monoisotopic (exact) mass is 326 g/mol. The zero-order valence-corrected chi connectivity index (χ0v) is 12.8. The molecular weight excluding hydrogens is 326 g/mol. The van der Waals surface area contributed by atoms with Crippen molar-refractivity contribution in [2.45, 2.75) is 4.90 Å². The fourth-order valence-electron chi connectivity index (χ4n) is 0.696. The number of rotatable bonds is 1. The van der Waals surface area contributed by atoms with Crippen molar-refractivity contribution in [1.82, 2.24) is 0 Å². The molecule has 1 rings (SSSR count). The van der Waals surface area contributed by atoms with E-state index < -0.39 is 15.0 Å². The maximum atomic E-state index is 10.6. The molecule has 72 valence electrons. The molecule has 0 amide bonds. The standard InChI is InChI=1S/C6H3BrCl2O3S.Na/c7-3-1-6(13(10,11)12)5(9)2-4(3)8;/h1-2H,(H,10,11,12);/q;+1/p-1. The van der Waals surface area contributed by atoms with Gasteiger partial charge >= 0.3 is 29.6 Å². The first kappa shape index (κ1) is 15.2. The molecule has 0 N–H and O–H groups in total. The Hall–Kier alpha value is 1.19. The van der Waals surface area contributed by atoms with E-state index in [1.807, 2.05) is 0 Å². The first-order chi connectivity index (χ1) is 5.82. The molecule has 0 fully saturated rings. The van der Waals surface area contributed by atoms with Gasteiger partial charge in [0.1, 0.15) is 10.1 Å². The van der Waals surface area contributed by atoms with Gasteiger partial charge < -0.3 is 4.55 Å². The van der Waals surface area contributed by atoms with Crippen molar-refractivity contribution in [2.75, 3.05) is 0 Å². The van der Waals surface area contributed by atoms with Crippen molar-refractivity contribution < 1.29 is 42.5 Å². The van der Waals surface area contributed by atoms with Crippen LogP contribution in [0.5, 0.6) is 0 Å². The fourth-order valence-corrected chi connectivity index (χ4v) is 2.42. The molecule has 0 bridgehead atoms. The van der Waals surface area contributed by atoms with Crippen LogP contribution < -0.4 is 29.6 Å². The molecule has 8 heteroatoms. The predicted molar refractivity (Wildman–Crippen MR) is 52.1 cm³/mol. The summed E-state index contributed by atoms with van der Waals surface area (Å²) in [6.45, 7) is 0.